The van der Waals surface area contributed by atoms with Gasteiger partial charge in [0.25, 0.3) is 0 Å². The minimum atomic E-state index is -3.07. The number of piperazine rings is 1. The van der Waals surface area contributed by atoms with E-state index in [-0.39, 0.29) is 17.4 Å². The van der Waals surface area contributed by atoms with E-state index in [9.17, 15) is 13.2 Å². The lowest BCUT2D eigenvalue weighted by atomic mass is 10.0. The van der Waals surface area contributed by atoms with Gasteiger partial charge in [-0.3, -0.25) is 9.69 Å². The van der Waals surface area contributed by atoms with E-state index in [1.54, 1.807) is 6.07 Å². The lowest BCUT2D eigenvalue weighted by Gasteiger charge is -2.35. The molecule has 0 spiro atoms. The van der Waals surface area contributed by atoms with Gasteiger partial charge in [0.05, 0.1) is 5.75 Å². The van der Waals surface area contributed by atoms with Crippen molar-refractivity contribution in [3.63, 3.8) is 0 Å². The summed E-state index contributed by atoms with van der Waals surface area (Å²) in [5.41, 5.74) is 0.717. The fourth-order valence-corrected chi connectivity index (χ4v) is 4.24. The molecule has 1 aromatic carbocycles. The number of hydrogen-bond acceptors (Lipinski definition) is 4. The average Bonchev–Trinajstić information content (AvgIpc) is 2.46. The zero-order valence-corrected chi connectivity index (χ0v) is 14.2. The Kier molecular flexibility index (Phi) is 5.83. The molecule has 7 heteroatoms. The molecule has 2 rings (SSSR count). The zero-order chi connectivity index (χ0) is 16.2. The summed E-state index contributed by atoms with van der Waals surface area (Å²) in [7, 11) is -3.07. The molecule has 1 amide bonds. The lowest BCUT2D eigenvalue weighted by Crippen LogP contribution is -2.51. The predicted octanol–water partition coefficient (Wildman–Crippen LogP) is 1.64. The normalized spacial score (nSPS) is 19.9. The Morgan fingerprint density at radius 1 is 1.32 bits per heavy atom. The van der Waals surface area contributed by atoms with Crippen molar-refractivity contribution >= 4 is 27.3 Å². The van der Waals surface area contributed by atoms with E-state index in [0.717, 1.165) is 0 Å². The third kappa shape index (κ3) is 4.21. The summed E-state index contributed by atoms with van der Waals surface area (Å²) in [5, 5.41) is 3.34. The number of rotatable bonds is 6. The summed E-state index contributed by atoms with van der Waals surface area (Å²) in [4.78, 5) is 14.1. The van der Waals surface area contributed by atoms with Crippen molar-refractivity contribution in [1.29, 1.82) is 0 Å². The van der Waals surface area contributed by atoms with Crippen LogP contribution < -0.4 is 5.32 Å². The Balaban J connectivity index is 2.18. The van der Waals surface area contributed by atoms with Crippen LogP contribution in [0.3, 0.4) is 0 Å². The lowest BCUT2D eigenvalue weighted by molar-refractivity contribution is -0.129. The first kappa shape index (κ1) is 17.2. The second kappa shape index (κ2) is 7.44. The van der Waals surface area contributed by atoms with E-state index in [4.69, 9.17) is 11.6 Å². The number of carbonyl (C=O) groups is 1. The van der Waals surface area contributed by atoms with Crippen LogP contribution in [0, 0.1) is 0 Å². The molecule has 1 aliphatic rings. The molecule has 1 N–H and O–H groups in total. The quantitative estimate of drug-likeness (QED) is 0.852. The maximum absolute atomic E-state index is 12.2. The monoisotopic (exact) mass is 344 g/mol. The SMILES string of the molecule is CCCS(=O)(=O)CCN1CCNC(=O)[C@H]1c1ccccc1Cl. The van der Waals surface area contributed by atoms with Gasteiger partial charge in [0.2, 0.25) is 5.91 Å². The summed E-state index contributed by atoms with van der Waals surface area (Å²) >= 11 is 6.20. The Bertz CT molecular complexity index is 633. The van der Waals surface area contributed by atoms with Gasteiger partial charge in [0.15, 0.2) is 9.84 Å². The van der Waals surface area contributed by atoms with Gasteiger partial charge in [-0.1, -0.05) is 36.7 Å². The van der Waals surface area contributed by atoms with Crippen LogP contribution in [0.15, 0.2) is 24.3 Å². The molecule has 1 atom stereocenters. The van der Waals surface area contributed by atoms with E-state index >= 15 is 0 Å². The van der Waals surface area contributed by atoms with Crippen molar-refractivity contribution in [1.82, 2.24) is 10.2 Å². The van der Waals surface area contributed by atoms with Gasteiger partial charge < -0.3 is 5.32 Å². The summed E-state index contributed by atoms with van der Waals surface area (Å²) in [6.07, 6.45) is 0.608. The average molecular weight is 345 g/mol. The molecule has 122 valence electrons. The third-order valence-corrected chi connectivity index (χ3v) is 5.90. The number of carbonyl (C=O) groups excluding carboxylic acids is 1. The second-order valence-corrected chi connectivity index (χ2v) is 8.11. The molecule has 0 unspecified atom stereocenters. The van der Waals surface area contributed by atoms with Crippen molar-refractivity contribution in [2.45, 2.75) is 19.4 Å². The summed E-state index contributed by atoms with van der Waals surface area (Å²) in [5.74, 6) is 0.117. The highest BCUT2D eigenvalue weighted by Gasteiger charge is 2.32. The van der Waals surface area contributed by atoms with Crippen LogP contribution in [-0.4, -0.2) is 50.4 Å². The van der Waals surface area contributed by atoms with Crippen molar-refractivity contribution in [2.24, 2.45) is 0 Å². The van der Waals surface area contributed by atoms with Crippen LogP contribution in [-0.2, 0) is 14.6 Å². The predicted molar refractivity (Wildman–Crippen MR) is 87.7 cm³/mol. The minimum Gasteiger partial charge on any atom is -0.353 e. The number of benzene rings is 1. The number of amides is 1. The van der Waals surface area contributed by atoms with Crippen LogP contribution in [0.4, 0.5) is 0 Å². The number of halogens is 1. The molecule has 1 saturated heterocycles. The Labute approximate surface area is 136 Å². The highest BCUT2D eigenvalue weighted by Crippen LogP contribution is 2.29. The molecule has 0 aromatic heterocycles. The highest BCUT2D eigenvalue weighted by atomic mass is 35.5. The Morgan fingerprint density at radius 3 is 2.73 bits per heavy atom. The Morgan fingerprint density at radius 2 is 2.05 bits per heavy atom. The Hall–Kier alpha value is -1.11. The number of nitrogens with zero attached hydrogens (tertiary/aromatic N) is 1. The van der Waals surface area contributed by atoms with Crippen LogP contribution in [0.1, 0.15) is 24.9 Å². The molecule has 0 saturated carbocycles. The van der Waals surface area contributed by atoms with E-state index in [0.29, 0.717) is 36.6 Å². The van der Waals surface area contributed by atoms with Crippen LogP contribution in [0.2, 0.25) is 5.02 Å². The maximum Gasteiger partial charge on any atom is 0.242 e. The molecule has 1 aliphatic heterocycles. The highest BCUT2D eigenvalue weighted by molar-refractivity contribution is 7.91. The molecule has 22 heavy (non-hydrogen) atoms. The summed E-state index contributed by atoms with van der Waals surface area (Å²) in [6, 6.07) is 6.66. The van der Waals surface area contributed by atoms with Gasteiger partial charge in [-0.05, 0) is 18.1 Å². The van der Waals surface area contributed by atoms with Crippen LogP contribution >= 0.6 is 11.6 Å². The second-order valence-electron chi connectivity index (χ2n) is 5.40. The van der Waals surface area contributed by atoms with Crippen molar-refractivity contribution in [3.05, 3.63) is 34.9 Å². The molecule has 1 fully saturated rings. The van der Waals surface area contributed by atoms with Crippen LogP contribution in [0.5, 0.6) is 0 Å². The molecule has 1 heterocycles. The first-order valence-corrected chi connectivity index (χ1v) is 9.61. The van der Waals surface area contributed by atoms with Crippen molar-refractivity contribution in [2.75, 3.05) is 31.1 Å². The number of sulfone groups is 1. The van der Waals surface area contributed by atoms with E-state index < -0.39 is 15.9 Å². The molecule has 0 aliphatic carbocycles. The van der Waals surface area contributed by atoms with Gasteiger partial charge in [-0.15, -0.1) is 0 Å². The van der Waals surface area contributed by atoms with E-state index in [1.807, 2.05) is 30.0 Å². The zero-order valence-electron chi connectivity index (χ0n) is 12.6. The first-order chi connectivity index (χ1) is 10.4. The van der Waals surface area contributed by atoms with Crippen molar-refractivity contribution < 1.29 is 13.2 Å². The van der Waals surface area contributed by atoms with E-state index in [2.05, 4.69) is 5.32 Å². The molecular formula is C15H21ClN2O3S. The van der Waals surface area contributed by atoms with Gasteiger partial charge in [0, 0.05) is 30.4 Å². The minimum absolute atomic E-state index is 0.0646. The number of hydrogen-bond donors (Lipinski definition) is 1. The fourth-order valence-electron chi connectivity index (χ4n) is 2.66. The topological polar surface area (TPSA) is 66.5 Å². The third-order valence-electron chi connectivity index (χ3n) is 3.72. The van der Waals surface area contributed by atoms with E-state index in [1.165, 1.54) is 0 Å². The van der Waals surface area contributed by atoms with Crippen molar-refractivity contribution in [3.8, 4) is 0 Å². The largest absolute Gasteiger partial charge is 0.353 e. The smallest absolute Gasteiger partial charge is 0.242 e. The van der Waals surface area contributed by atoms with Gasteiger partial charge >= 0.3 is 0 Å². The molecular weight excluding hydrogens is 324 g/mol. The van der Waals surface area contributed by atoms with Gasteiger partial charge in [-0.2, -0.15) is 0 Å². The number of nitrogens with one attached hydrogen (secondary N) is 1. The summed E-state index contributed by atoms with van der Waals surface area (Å²) in [6.45, 7) is 3.32. The van der Waals surface area contributed by atoms with Gasteiger partial charge in [0.1, 0.15) is 6.04 Å². The fraction of sp³-hybridized carbons (Fsp3) is 0.533. The summed E-state index contributed by atoms with van der Waals surface area (Å²) < 4.78 is 23.8. The molecule has 1 aromatic rings. The van der Waals surface area contributed by atoms with Crippen LogP contribution in [0.25, 0.3) is 0 Å². The molecule has 5 nitrogen and oxygen atoms in total. The van der Waals surface area contributed by atoms with Gasteiger partial charge in [-0.25, -0.2) is 8.42 Å². The standard InChI is InChI=1S/C15H21ClN2O3S/c1-2-10-22(20,21)11-9-18-8-7-17-15(19)14(18)12-5-3-4-6-13(12)16/h3-6,14H,2,7-11H2,1H3,(H,17,19)/t14-/m1/s1. The molecule has 0 radical (unpaired) electrons. The first-order valence-electron chi connectivity index (χ1n) is 7.41. The molecule has 0 bridgehead atoms. The maximum atomic E-state index is 12.2.